The lowest BCUT2D eigenvalue weighted by molar-refractivity contribution is 0.00578. The molecule has 0 aromatic carbocycles. The second-order valence-electron chi connectivity index (χ2n) is 6.73. The van der Waals surface area contributed by atoms with E-state index < -0.39 is 0 Å². The maximum Gasteiger partial charge on any atom is 0.461 e. The van der Waals surface area contributed by atoms with Crippen molar-refractivity contribution < 1.29 is 9.31 Å². The summed E-state index contributed by atoms with van der Waals surface area (Å²) in [5, 5.41) is 0. The average Bonchev–Trinajstić information content (AvgIpc) is 2.47. The Hall–Kier alpha value is -0.865. The van der Waals surface area contributed by atoms with Crippen LogP contribution >= 0.6 is 0 Å². The molecule has 1 aliphatic carbocycles. The van der Waals surface area contributed by atoms with E-state index in [1.54, 1.807) is 0 Å². The molecule has 19 heavy (non-hydrogen) atoms. The summed E-state index contributed by atoms with van der Waals surface area (Å²) < 4.78 is 12.3. The molecule has 0 bridgehead atoms. The molecule has 0 unspecified atom stereocenters. The van der Waals surface area contributed by atoms with Gasteiger partial charge in [0, 0.05) is 23.6 Å². The van der Waals surface area contributed by atoms with Crippen molar-refractivity contribution in [3.05, 3.63) is 30.1 Å². The zero-order valence-corrected chi connectivity index (χ0v) is 12.2. The highest BCUT2D eigenvalue weighted by Crippen LogP contribution is 2.52. The number of hydrogen-bond acceptors (Lipinski definition) is 3. The van der Waals surface area contributed by atoms with E-state index in [-0.39, 0.29) is 18.3 Å². The number of aromatic nitrogens is 1. The first-order chi connectivity index (χ1) is 8.91. The van der Waals surface area contributed by atoms with Crippen LogP contribution in [-0.2, 0) is 9.31 Å². The molecule has 1 aliphatic heterocycles. The minimum absolute atomic E-state index is 0.0919. The first kappa shape index (κ1) is 13.1. The minimum Gasteiger partial charge on any atom is -0.403 e. The van der Waals surface area contributed by atoms with E-state index in [1.807, 2.05) is 12.3 Å². The van der Waals surface area contributed by atoms with Gasteiger partial charge >= 0.3 is 7.12 Å². The van der Waals surface area contributed by atoms with Gasteiger partial charge < -0.3 is 9.31 Å². The number of pyridine rings is 1. The van der Waals surface area contributed by atoms with Gasteiger partial charge in [-0.2, -0.15) is 0 Å². The van der Waals surface area contributed by atoms with Crippen LogP contribution in [0.3, 0.4) is 0 Å². The molecular weight excluding hydrogens is 237 g/mol. The summed E-state index contributed by atoms with van der Waals surface area (Å²) in [6.45, 7) is 8.45. The molecule has 3 nitrogen and oxygen atoms in total. The van der Waals surface area contributed by atoms with Crippen LogP contribution in [-0.4, -0.2) is 23.3 Å². The van der Waals surface area contributed by atoms with Crippen molar-refractivity contribution in [3.8, 4) is 0 Å². The normalized spacial score (nSPS) is 32.1. The third kappa shape index (κ3) is 2.11. The van der Waals surface area contributed by atoms with E-state index in [0.717, 1.165) is 6.42 Å². The van der Waals surface area contributed by atoms with Gasteiger partial charge in [0.15, 0.2) is 0 Å². The predicted molar refractivity (Wildman–Crippen MR) is 76.0 cm³/mol. The Balaban J connectivity index is 1.75. The molecule has 2 heterocycles. The van der Waals surface area contributed by atoms with Crippen molar-refractivity contribution >= 4 is 7.12 Å². The highest BCUT2D eigenvalue weighted by molar-refractivity contribution is 6.48. The van der Waals surface area contributed by atoms with Gasteiger partial charge in [-0.25, -0.2) is 0 Å². The first-order valence-corrected chi connectivity index (χ1v) is 7.17. The predicted octanol–water partition coefficient (Wildman–Crippen LogP) is 3.42. The van der Waals surface area contributed by atoms with Crippen molar-refractivity contribution in [2.24, 2.45) is 0 Å². The van der Waals surface area contributed by atoms with Crippen LogP contribution in [0.4, 0.5) is 0 Å². The Morgan fingerprint density at radius 3 is 2.26 bits per heavy atom. The van der Waals surface area contributed by atoms with Gasteiger partial charge in [-0.1, -0.05) is 12.5 Å². The standard InChI is InChI=1S/C15H22BNO2/c1-14(2)15(3,4)19-16(18-14)12-9-8-11(12)13-7-5-6-10-17-13/h5-7,10-12H,8-9H2,1-4H3/t11-,12+/m1/s1. The molecule has 3 rings (SSSR count). The van der Waals surface area contributed by atoms with Crippen LogP contribution in [0.5, 0.6) is 0 Å². The van der Waals surface area contributed by atoms with E-state index in [4.69, 9.17) is 9.31 Å². The Morgan fingerprint density at radius 2 is 1.79 bits per heavy atom. The van der Waals surface area contributed by atoms with Gasteiger partial charge in [0.1, 0.15) is 0 Å². The Labute approximate surface area is 115 Å². The molecule has 4 heteroatoms. The second-order valence-corrected chi connectivity index (χ2v) is 6.73. The van der Waals surface area contributed by atoms with E-state index in [1.165, 1.54) is 12.1 Å². The molecule has 1 saturated heterocycles. The molecule has 2 fully saturated rings. The Kier molecular flexibility index (Phi) is 2.99. The van der Waals surface area contributed by atoms with Gasteiger partial charge in [0.05, 0.1) is 11.2 Å². The summed E-state index contributed by atoms with van der Waals surface area (Å²) in [6, 6.07) is 6.13. The molecule has 0 radical (unpaired) electrons. The van der Waals surface area contributed by atoms with Crippen LogP contribution in [0.15, 0.2) is 24.4 Å². The van der Waals surface area contributed by atoms with Gasteiger partial charge in [-0.05, 0) is 46.2 Å². The zero-order chi connectivity index (χ0) is 13.7. The van der Waals surface area contributed by atoms with Crippen LogP contribution in [0, 0.1) is 0 Å². The summed E-state index contributed by atoms with van der Waals surface area (Å²) in [5.74, 6) is 0.923. The van der Waals surface area contributed by atoms with Crippen molar-refractivity contribution in [1.29, 1.82) is 0 Å². The summed E-state index contributed by atoms with van der Waals surface area (Å²) >= 11 is 0. The molecule has 0 spiro atoms. The van der Waals surface area contributed by atoms with Crippen molar-refractivity contribution in [3.63, 3.8) is 0 Å². The van der Waals surface area contributed by atoms with Crippen molar-refractivity contribution in [2.75, 3.05) is 0 Å². The molecule has 2 aliphatic rings. The molecule has 102 valence electrons. The summed E-state index contributed by atoms with van der Waals surface area (Å²) in [7, 11) is -0.0919. The van der Waals surface area contributed by atoms with Gasteiger partial charge in [-0.3, -0.25) is 4.98 Å². The molecular formula is C15H22BNO2. The molecule has 0 amide bonds. The summed E-state index contributed by atoms with van der Waals surface area (Å²) in [4.78, 5) is 4.48. The quantitative estimate of drug-likeness (QED) is 0.762. The van der Waals surface area contributed by atoms with Gasteiger partial charge in [0.2, 0.25) is 0 Å². The fourth-order valence-corrected chi connectivity index (χ4v) is 2.88. The monoisotopic (exact) mass is 259 g/mol. The Bertz CT molecular complexity index is 444. The topological polar surface area (TPSA) is 31.4 Å². The summed E-state index contributed by atoms with van der Waals surface area (Å²) in [6.07, 6.45) is 4.22. The van der Waals surface area contributed by atoms with Crippen LogP contribution in [0.2, 0.25) is 5.82 Å². The molecule has 1 saturated carbocycles. The van der Waals surface area contributed by atoms with E-state index >= 15 is 0 Å². The summed E-state index contributed by atoms with van der Waals surface area (Å²) in [5.41, 5.74) is 0.706. The first-order valence-electron chi connectivity index (χ1n) is 7.17. The third-order valence-corrected chi connectivity index (χ3v) is 5.02. The molecule has 1 aromatic rings. The number of hydrogen-bond donors (Lipinski definition) is 0. The van der Waals surface area contributed by atoms with E-state index in [9.17, 15) is 0 Å². The number of rotatable bonds is 2. The van der Waals surface area contributed by atoms with Crippen molar-refractivity contribution in [1.82, 2.24) is 4.98 Å². The lowest BCUT2D eigenvalue weighted by Crippen LogP contribution is -2.41. The molecule has 2 atom stereocenters. The van der Waals surface area contributed by atoms with Crippen LogP contribution < -0.4 is 0 Å². The van der Waals surface area contributed by atoms with Crippen molar-refractivity contribution in [2.45, 2.75) is 63.5 Å². The lowest BCUT2D eigenvalue weighted by atomic mass is 9.53. The Morgan fingerprint density at radius 1 is 1.11 bits per heavy atom. The number of nitrogens with zero attached hydrogens (tertiary/aromatic N) is 1. The average molecular weight is 259 g/mol. The maximum atomic E-state index is 6.17. The van der Waals surface area contributed by atoms with E-state index in [2.05, 4.69) is 44.8 Å². The van der Waals surface area contributed by atoms with Gasteiger partial charge in [0.25, 0.3) is 0 Å². The SMILES string of the molecule is CC1(C)OB([C@H]2CC[C@H]2c2ccccn2)OC1(C)C. The third-order valence-electron chi connectivity index (χ3n) is 5.02. The largest absolute Gasteiger partial charge is 0.461 e. The molecule has 0 N–H and O–H groups in total. The highest BCUT2D eigenvalue weighted by atomic mass is 16.7. The highest BCUT2D eigenvalue weighted by Gasteiger charge is 2.57. The fraction of sp³-hybridized carbons (Fsp3) is 0.667. The minimum atomic E-state index is -0.234. The van der Waals surface area contributed by atoms with Gasteiger partial charge in [-0.15, -0.1) is 0 Å². The molecule has 1 aromatic heterocycles. The maximum absolute atomic E-state index is 6.17. The second kappa shape index (κ2) is 4.32. The van der Waals surface area contributed by atoms with Crippen LogP contribution in [0.1, 0.15) is 52.1 Å². The lowest BCUT2D eigenvalue weighted by Gasteiger charge is -2.37. The van der Waals surface area contributed by atoms with Crippen LogP contribution in [0.25, 0.3) is 0 Å². The fourth-order valence-electron chi connectivity index (χ4n) is 2.88. The van der Waals surface area contributed by atoms with E-state index in [0.29, 0.717) is 11.7 Å². The zero-order valence-electron chi connectivity index (χ0n) is 12.2. The smallest absolute Gasteiger partial charge is 0.403 e.